The molecule has 2 atom stereocenters. The molecule has 4 amide bonds. The van der Waals surface area contributed by atoms with Gasteiger partial charge in [-0.1, -0.05) is 43.6 Å². The number of carbonyl (C=O) groups is 2. The molecule has 0 spiro atoms. The number of hydrogen-bond acceptors (Lipinski definition) is 8. The van der Waals surface area contributed by atoms with Crippen LogP contribution in [0.4, 0.5) is 9.59 Å². The third kappa shape index (κ3) is 43.7. The van der Waals surface area contributed by atoms with Gasteiger partial charge in [-0.2, -0.15) is 0 Å². The molecule has 248 valence electrons. The molecule has 0 saturated carbocycles. The van der Waals surface area contributed by atoms with Crippen molar-refractivity contribution >= 4 is 29.7 Å². The monoisotopic (exact) mass is 686 g/mol. The van der Waals surface area contributed by atoms with E-state index < -0.39 is 23.7 Å². The van der Waals surface area contributed by atoms with Gasteiger partial charge in [-0.15, -0.1) is 6.04 Å². The first kappa shape index (κ1) is 67.0. The summed E-state index contributed by atoms with van der Waals surface area (Å²) in [6.45, 7) is 16.2. The van der Waals surface area contributed by atoms with Crippen molar-refractivity contribution in [2.24, 2.45) is 0 Å². The summed E-state index contributed by atoms with van der Waals surface area (Å²) in [5, 5.41) is 10.9. The average Bonchev–Trinajstić information content (AvgIpc) is 2.80. The van der Waals surface area contributed by atoms with Gasteiger partial charge in [0.05, 0.1) is 0 Å². The van der Waals surface area contributed by atoms with Crippen LogP contribution >= 0.6 is 0 Å². The summed E-state index contributed by atoms with van der Waals surface area (Å²) >= 11 is 0. The first-order valence-corrected chi connectivity index (χ1v) is 16.9. The Bertz CT molecular complexity index is 572. The van der Waals surface area contributed by atoms with E-state index in [-0.39, 0.29) is 155 Å². The van der Waals surface area contributed by atoms with Crippen molar-refractivity contribution < 1.29 is 126 Å². The van der Waals surface area contributed by atoms with Crippen LogP contribution in [0, 0.1) is 0 Å². The topological polar surface area (TPSA) is 179 Å². The van der Waals surface area contributed by atoms with Gasteiger partial charge < -0.3 is 48.9 Å². The molecule has 17 heteroatoms. The standard InChI is InChI=1S/C14H32N2O4Si.C8H17N2O4Si.4CH4.3Na/c1-6-13(5)16-14(17)15-11-10-12-21(18-7-2,19-8-3)20-9-4;1-3-7(2)10-8(11)9-5-4-6-15(12,13)14;;;;;;;/h13H,6-12H2,1-5H3,(H2,15,16,17);7H,3-6H2,1-2H3,(H2,9,10,11);4*1H4;;;/q;-3;;;;;3*+1. The molecule has 0 heterocycles. The van der Waals surface area contributed by atoms with E-state index in [4.69, 9.17) is 13.3 Å². The first-order valence-electron chi connectivity index (χ1n) is 13.0. The van der Waals surface area contributed by atoms with E-state index in [0.29, 0.717) is 32.4 Å². The van der Waals surface area contributed by atoms with Gasteiger partial charge in [0.25, 0.3) is 0 Å². The molecule has 0 aliphatic heterocycles. The number of carbonyl (C=O) groups excluding carboxylic acids is 2. The molecule has 0 aliphatic rings. The normalized spacial score (nSPS) is 11.0. The van der Waals surface area contributed by atoms with Crippen LogP contribution in [0.5, 0.6) is 0 Å². The molecule has 0 aromatic heterocycles. The van der Waals surface area contributed by atoms with Crippen molar-refractivity contribution in [3.63, 3.8) is 0 Å². The second kappa shape index (κ2) is 41.8. The van der Waals surface area contributed by atoms with Gasteiger partial charge >= 0.3 is 110 Å². The maximum Gasteiger partial charge on any atom is 1.00 e. The predicted molar refractivity (Wildman–Crippen MR) is 165 cm³/mol. The Morgan fingerprint density at radius 1 is 0.628 bits per heavy atom. The van der Waals surface area contributed by atoms with Crippen LogP contribution in [0.25, 0.3) is 0 Å². The van der Waals surface area contributed by atoms with Gasteiger partial charge in [0.1, 0.15) is 0 Å². The van der Waals surface area contributed by atoms with Gasteiger partial charge in [0.2, 0.25) is 0 Å². The number of urea groups is 2. The molecule has 0 bridgehead atoms. The molecule has 4 N–H and O–H groups in total. The van der Waals surface area contributed by atoms with Gasteiger partial charge in [0, 0.05) is 51.0 Å². The minimum atomic E-state index is -4.69. The summed E-state index contributed by atoms with van der Waals surface area (Å²) in [5.74, 6) is 0. The van der Waals surface area contributed by atoms with Gasteiger partial charge in [-0.05, 0) is 60.3 Å². The van der Waals surface area contributed by atoms with Crippen LogP contribution in [0.1, 0.15) is 104 Å². The summed E-state index contributed by atoms with van der Waals surface area (Å²) in [5.41, 5.74) is 0. The molecule has 0 aromatic carbocycles. The molecule has 2 unspecified atom stereocenters. The third-order valence-corrected chi connectivity index (χ3v) is 9.08. The van der Waals surface area contributed by atoms with Gasteiger partial charge in [-0.25, -0.2) is 9.59 Å². The Kier molecular flexibility index (Phi) is 65.1. The smallest absolute Gasteiger partial charge is 0.881 e. The summed E-state index contributed by atoms with van der Waals surface area (Å²) in [7, 11) is -7.27. The molecule has 0 rings (SSSR count). The van der Waals surface area contributed by atoms with Crippen molar-refractivity contribution in [2.75, 3.05) is 32.9 Å². The quantitative estimate of drug-likeness (QED) is 0.0813. The summed E-state index contributed by atoms with van der Waals surface area (Å²) in [4.78, 5) is 53.5. The van der Waals surface area contributed by atoms with Crippen molar-refractivity contribution in [2.45, 2.75) is 128 Å². The Balaban J connectivity index is -0.0000000684. The zero-order valence-electron chi connectivity index (χ0n) is 26.2. The number of hydrogen-bond donors (Lipinski definition) is 4. The molecule has 43 heavy (non-hydrogen) atoms. The number of nitrogens with one attached hydrogen (secondary N) is 4. The first-order chi connectivity index (χ1) is 16.9. The largest absolute Gasteiger partial charge is 1.00 e. The van der Waals surface area contributed by atoms with Gasteiger partial charge in [-0.3, -0.25) is 8.80 Å². The average molecular weight is 687 g/mol. The molecule has 0 fully saturated rings. The maximum absolute atomic E-state index is 11.6. The van der Waals surface area contributed by atoms with Crippen LogP contribution in [0.15, 0.2) is 0 Å². The molecule has 0 radical (unpaired) electrons. The van der Waals surface area contributed by atoms with Crippen LogP contribution in [0.3, 0.4) is 0 Å². The Hall–Kier alpha value is 1.73. The van der Waals surface area contributed by atoms with Crippen LogP contribution in [-0.4, -0.2) is 74.7 Å². The van der Waals surface area contributed by atoms with Crippen molar-refractivity contribution in [3.8, 4) is 0 Å². The van der Waals surface area contributed by atoms with E-state index in [1.807, 2.05) is 48.5 Å². The molecule has 0 saturated heterocycles. The summed E-state index contributed by atoms with van der Waals surface area (Å²) < 4.78 is 17.3. The van der Waals surface area contributed by atoms with Crippen molar-refractivity contribution in [3.05, 3.63) is 0 Å². The van der Waals surface area contributed by atoms with Crippen LogP contribution in [0.2, 0.25) is 12.1 Å². The summed E-state index contributed by atoms with van der Waals surface area (Å²) in [6.07, 6.45) is 2.68. The fraction of sp³-hybridized carbons (Fsp3) is 0.923. The zero-order chi connectivity index (χ0) is 28.0. The van der Waals surface area contributed by atoms with E-state index >= 15 is 0 Å². The minimum Gasteiger partial charge on any atom is -0.881 e. The van der Waals surface area contributed by atoms with E-state index in [2.05, 4.69) is 21.3 Å². The van der Waals surface area contributed by atoms with Gasteiger partial charge in [0.15, 0.2) is 0 Å². The van der Waals surface area contributed by atoms with Crippen molar-refractivity contribution in [1.29, 1.82) is 0 Å². The molecular formula is C26H65N4Na3O8Si2. The predicted octanol–water partition coefficient (Wildman–Crippen LogP) is -6.43. The fourth-order valence-electron chi connectivity index (χ4n) is 2.77. The fourth-order valence-corrected chi connectivity index (χ4v) is 5.99. The van der Waals surface area contributed by atoms with Crippen LogP contribution in [-0.2, 0) is 13.3 Å². The molecule has 0 aliphatic carbocycles. The van der Waals surface area contributed by atoms with Crippen LogP contribution < -0.4 is 124 Å². The second-order valence-electron chi connectivity index (χ2n) is 8.29. The molecule has 0 aromatic rings. The molecular weight excluding hydrogens is 621 g/mol. The zero-order valence-corrected chi connectivity index (χ0v) is 34.2. The van der Waals surface area contributed by atoms with Crippen molar-refractivity contribution in [1.82, 2.24) is 21.3 Å². The summed E-state index contributed by atoms with van der Waals surface area (Å²) in [6, 6.07) is 0.133. The SMILES string of the molecule is C.C.C.C.CCC(C)NC(=O)NCCC[Si]([O-])([O-])[O-].CCO[Si](CCCNC(=O)NC(C)CC)(OCC)OCC.[Na+].[Na+].[Na+]. The third-order valence-electron chi connectivity index (χ3n) is 4.96. The maximum atomic E-state index is 11.6. The number of amides is 4. The minimum absolute atomic E-state index is 0. The molecule has 12 nitrogen and oxygen atoms in total. The number of rotatable bonds is 18. The Morgan fingerprint density at radius 3 is 1.19 bits per heavy atom. The van der Waals surface area contributed by atoms with E-state index in [9.17, 15) is 24.0 Å². The Labute approximate surface area is 334 Å². The Morgan fingerprint density at radius 2 is 0.930 bits per heavy atom. The van der Waals surface area contributed by atoms with E-state index in [1.165, 1.54) is 0 Å². The van der Waals surface area contributed by atoms with E-state index in [0.717, 1.165) is 19.3 Å². The van der Waals surface area contributed by atoms with E-state index in [1.54, 1.807) is 0 Å². The second-order valence-corrected chi connectivity index (χ2v) is 12.9.